The summed E-state index contributed by atoms with van der Waals surface area (Å²) < 4.78 is 13.6. The van der Waals surface area contributed by atoms with Gasteiger partial charge in [-0.15, -0.1) is 0 Å². The van der Waals surface area contributed by atoms with E-state index in [0.29, 0.717) is 22.3 Å². The lowest BCUT2D eigenvalue weighted by atomic mass is 9.80. The van der Waals surface area contributed by atoms with Crippen LogP contribution in [-0.4, -0.2) is 57.4 Å². The maximum Gasteiger partial charge on any atom is 0.333 e. The molecule has 1 N–H and O–H groups in total. The summed E-state index contributed by atoms with van der Waals surface area (Å²) >= 11 is 0. The predicted octanol–water partition coefficient (Wildman–Crippen LogP) is 9.91. The molecule has 0 bridgehead atoms. The fourth-order valence-corrected chi connectivity index (χ4v) is 7.01. The Kier molecular flexibility index (Phi) is 12.3. The molecule has 0 heterocycles. The lowest BCUT2D eigenvalue weighted by Gasteiger charge is -2.36. The molecule has 2 aliphatic carbocycles. The zero-order valence-electron chi connectivity index (χ0n) is 34.2. The van der Waals surface area contributed by atoms with Crippen molar-refractivity contribution in [2.45, 2.75) is 93.5 Å². The number of benzene rings is 3. The number of nitrogens with zero attached hydrogens (tertiary/aromatic N) is 2. The van der Waals surface area contributed by atoms with E-state index < -0.39 is 24.1 Å². The number of ketones is 1. The molecule has 5 rings (SSSR count). The van der Waals surface area contributed by atoms with Crippen LogP contribution in [0.1, 0.15) is 69.4 Å². The summed E-state index contributed by atoms with van der Waals surface area (Å²) in [5.41, 5.74) is 10.4. The summed E-state index contributed by atoms with van der Waals surface area (Å²) in [6, 6.07) is 19.4. The zero-order chi connectivity index (χ0) is 41.2. The van der Waals surface area contributed by atoms with Crippen LogP contribution < -0.4 is 4.90 Å². The molecule has 56 heavy (non-hydrogen) atoms. The lowest BCUT2D eigenvalue weighted by Crippen LogP contribution is -2.40. The number of aliphatic hydroxyl groups is 1. The van der Waals surface area contributed by atoms with Crippen molar-refractivity contribution in [3.05, 3.63) is 154 Å². The van der Waals surface area contributed by atoms with E-state index in [0.717, 1.165) is 45.0 Å². The van der Waals surface area contributed by atoms with Crippen molar-refractivity contribution < 1.29 is 33.5 Å². The topological polar surface area (TPSA) is 96.1 Å². The van der Waals surface area contributed by atoms with Gasteiger partial charge in [0.2, 0.25) is 17.2 Å². The van der Waals surface area contributed by atoms with Crippen LogP contribution in [0.2, 0.25) is 0 Å². The normalized spacial score (nSPS) is 15.8. The number of carbonyl (C=O) groups is 3. The predicted molar refractivity (Wildman–Crippen MR) is 225 cm³/mol. The van der Waals surface area contributed by atoms with Crippen LogP contribution in [0.5, 0.6) is 0 Å². The second-order valence-corrected chi connectivity index (χ2v) is 15.1. The van der Waals surface area contributed by atoms with Crippen LogP contribution in [0.25, 0.3) is 5.57 Å². The maximum absolute atomic E-state index is 13.7. The van der Waals surface area contributed by atoms with Crippen molar-refractivity contribution in [1.29, 1.82) is 0 Å². The third-order valence-electron chi connectivity index (χ3n) is 10.5. The van der Waals surface area contributed by atoms with Gasteiger partial charge >= 0.3 is 11.9 Å². The zero-order valence-corrected chi connectivity index (χ0v) is 34.2. The highest BCUT2D eigenvalue weighted by Gasteiger charge is 2.38. The van der Waals surface area contributed by atoms with E-state index in [9.17, 15) is 19.5 Å². The van der Waals surface area contributed by atoms with Crippen LogP contribution in [0, 0.1) is 27.7 Å². The molecule has 0 saturated carbocycles. The Morgan fingerprint density at radius 3 is 1.77 bits per heavy atom. The monoisotopic (exact) mass is 753 g/mol. The van der Waals surface area contributed by atoms with Crippen molar-refractivity contribution in [3.8, 4) is 0 Å². The summed E-state index contributed by atoms with van der Waals surface area (Å²) in [7, 11) is 0. The SMILES string of the molecule is C=C(C)C(=O)OC(C)C(C)N(c1ccc(C2=C(O)C(=C3C=CC(=[N+](c4ccc(C)cc4C)C(C)C(C)OC(=O)C(=C)C)C=C3)C2=O)cc1)c1ccc(C)cc1C. The van der Waals surface area contributed by atoms with Crippen molar-refractivity contribution in [2.75, 3.05) is 4.90 Å². The summed E-state index contributed by atoms with van der Waals surface area (Å²) in [5.74, 6) is -1.20. The van der Waals surface area contributed by atoms with Gasteiger partial charge in [0.05, 0.1) is 17.2 Å². The van der Waals surface area contributed by atoms with Crippen molar-refractivity contribution in [3.63, 3.8) is 0 Å². The number of carbonyl (C=O) groups excluding carboxylic acids is 3. The van der Waals surface area contributed by atoms with Crippen LogP contribution in [0.4, 0.5) is 17.1 Å². The number of anilines is 2. The van der Waals surface area contributed by atoms with Crippen LogP contribution in [-0.2, 0) is 23.9 Å². The molecule has 8 nitrogen and oxygen atoms in total. The minimum absolute atomic E-state index is 0.0598. The van der Waals surface area contributed by atoms with Gasteiger partial charge in [-0.05, 0) is 115 Å². The molecule has 0 aromatic heterocycles. The Morgan fingerprint density at radius 1 is 0.714 bits per heavy atom. The number of hydrogen-bond donors (Lipinski definition) is 1. The first-order valence-electron chi connectivity index (χ1n) is 18.9. The molecular weight excluding hydrogens is 701 g/mol. The number of aryl methyl sites for hydroxylation is 4. The number of allylic oxidation sites excluding steroid dienone is 7. The van der Waals surface area contributed by atoms with E-state index in [4.69, 9.17) is 9.47 Å². The minimum atomic E-state index is -0.471. The summed E-state index contributed by atoms with van der Waals surface area (Å²) in [6.07, 6.45) is 6.55. The van der Waals surface area contributed by atoms with Crippen LogP contribution in [0.15, 0.2) is 126 Å². The quantitative estimate of drug-likeness (QED) is 0.112. The number of aliphatic hydroxyl groups excluding tert-OH is 1. The Morgan fingerprint density at radius 2 is 1.25 bits per heavy atom. The number of hydrogen-bond acceptors (Lipinski definition) is 7. The number of ether oxygens (including phenoxy) is 2. The highest BCUT2D eigenvalue weighted by Crippen LogP contribution is 2.41. The van der Waals surface area contributed by atoms with E-state index >= 15 is 0 Å². The molecule has 2 aliphatic rings. The average molecular weight is 754 g/mol. The van der Waals surface area contributed by atoms with Gasteiger partial charge in [0.15, 0.2) is 12.1 Å². The van der Waals surface area contributed by atoms with Gasteiger partial charge < -0.3 is 19.5 Å². The fraction of sp³-hybridized carbons (Fsp3) is 0.292. The van der Waals surface area contributed by atoms with E-state index in [1.54, 1.807) is 13.8 Å². The van der Waals surface area contributed by atoms with E-state index in [1.807, 2.05) is 116 Å². The Bertz CT molecular complexity index is 2270. The number of Topliss-reactive ketones (excluding diaryl/α,β-unsaturated/α-hetero) is 1. The second-order valence-electron chi connectivity index (χ2n) is 15.1. The number of esters is 2. The van der Waals surface area contributed by atoms with Gasteiger partial charge in [-0.3, -0.25) is 4.79 Å². The molecule has 4 unspecified atom stereocenters. The van der Waals surface area contributed by atoms with E-state index in [1.165, 1.54) is 0 Å². The highest BCUT2D eigenvalue weighted by atomic mass is 16.5. The smallest absolute Gasteiger partial charge is 0.333 e. The molecule has 0 amide bonds. The number of rotatable bonds is 12. The summed E-state index contributed by atoms with van der Waals surface area (Å²) in [5, 5.41) is 11.4. The third-order valence-corrected chi connectivity index (χ3v) is 10.5. The van der Waals surface area contributed by atoms with Crippen LogP contribution >= 0.6 is 0 Å². The molecule has 8 heteroatoms. The highest BCUT2D eigenvalue weighted by molar-refractivity contribution is 6.39. The minimum Gasteiger partial charge on any atom is -0.506 e. The van der Waals surface area contributed by atoms with Gasteiger partial charge in [0.1, 0.15) is 11.9 Å². The van der Waals surface area contributed by atoms with Gasteiger partial charge in [0, 0.05) is 53.2 Å². The maximum atomic E-state index is 13.7. The summed E-state index contributed by atoms with van der Waals surface area (Å²) in [4.78, 5) is 40.7. The van der Waals surface area contributed by atoms with Gasteiger partial charge in [-0.2, -0.15) is 4.58 Å². The third kappa shape index (κ3) is 8.45. The Labute approximate surface area is 331 Å². The molecule has 0 fully saturated rings. The molecule has 3 aromatic rings. The van der Waals surface area contributed by atoms with Gasteiger partial charge in [-0.25, -0.2) is 9.59 Å². The first kappa shape index (κ1) is 41.1. The first-order valence-corrected chi connectivity index (χ1v) is 18.9. The lowest BCUT2D eigenvalue weighted by molar-refractivity contribution is -0.491. The van der Waals surface area contributed by atoms with Gasteiger partial charge in [0.25, 0.3) is 0 Å². The van der Waals surface area contributed by atoms with Crippen molar-refractivity contribution in [1.82, 2.24) is 0 Å². The second kappa shape index (κ2) is 16.8. The Balaban J connectivity index is 1.47. The molecular formula is C48H53N2O6+. The van der Waals surface area contributed by atoms with Gasteiger partial charge in [-0.1, -0.05) is 54.6 Å². The van der Waals surface area contributed by atoms with Crippen molar-refractivity contribution in [2.24, 2.45) is 0 Å². The molecule has 0 radical (unpaired) electrons. The van der Waals surface area contributed by atoms with Crippen LogP contribution in [0.3, 0.4) is 0 Å². The van der Waals surface area contributed by atoms with E-state index in [-0.39, 0.29) is 34.8 Å². The Hall–Kier alpha value is -6.02. The molecule has 0 aliphatic heterocycles. The summed E-state index contributed by atoms with van der Waals surface area (Å²) in [6.45, 7) is 26.6. The standard InChI is InChI=1S/C48H52N2O6/c1-27(2)47(53)55-35(11)33(9)49(41-23-13-29(5)25-31(41)7)39-19-15-37(16-20-39)43-45(51)44(46(43)52)38-17-21-40(22-18-38)50(42-24-14-30(6)26-32(42)8)34(10)36(12)56-48(54)28(3)4/h13-26,33-36H,1,3H2,2,4-12H3/p+1. The van der Waals surface area contributed by atoms with Crippen molar-refractivity contribution >= 4 is 46.1 Å². The molecule has 4 atom stereocenters. The molecule has 0 saturated heterocycles. The molecule has 0 spiro atoms. The largest absolute Gasteiger partial charge is 0.506 e. The average Bonchev–Trinajstić information content (AvgIpc) is 3.14. The van der Waals surface area contributed by atoms with E-state index in [2.05, 4.69) is 46.9 Å². The first-order chi connectivity index (χ1) is 26.4. The molecule has 290 valence electrons. The fourth-order valence-electron chi connectivity index (χ4n) is 7.01. The molecule has 3 aromatic carbocycles.